The Morgan fingerprint density at radius 2 is 1.96 bits per heavy atom. The monoisotopic (exact) mass is 412 g/mol. The molecule has 27 heavy (non-hydrogen) atoms. The lowest BCUT2D eigenvalue weighted by molar-refractivity contribution is 0.102. The molecule has 0 radical (unpaired) electrons. The molecule has 6 nitrogen and oxygen atoms in total. The van der Waals surface area contributed by atoms with Crippen molar-refractivity contribution < 1.29 is 22.7 Å². The molecule has 1 amide bonds. The summed E-state index contributed by atoms with van der Waals surface area (Å²) in [7, 11) is -3.88. The van der Waals surface area contributed by atoms with E-state index in [2.05, 4.69) is 10.0 Å². The second kappa shape index (κ2) is 7.93. The van der Waals surface area contributed by atoms with E-state index in [1.165, 1.54) is 36.4 Å². The van der Waals surface area contributed by atoms with Crippen LogP contribution < -0.4 is 10.0 Å². The van der Waals surface area contributed by atoms with Gasteiger partial charge in [0.1, 0.15) is 5.82 Å². The van der Waals surface area contributed by atoms with Crippen LogP contribution in [0.4, 0.5) is 10.1 Å². The van der Waals surface area contributed by atoms with Gasteiger partial charge in [-0.1, -0.05) is 17.7 Å². The van der Waals surface area contributed by atoms with Crippen LogP contribution in [0.15, 0.2) is 47.4 Å². The van der Waals surface area contributed by atoms with E-state index in [-0.39, 0.29) is 21.2 Å². The zero-order chi connectivity index (χ0) is 19.6. The maximum atomic E-state index is 13.2. The van der Waals surface area contributed by atoms with Gasteiger partial charge in [-0.15, -0.1) is 0 Å². The molecule has 144 valence electrons. The summed E-state index contributed by atoms with van der Waals surface area (Å²) in [6, 6.07) is 8.72. The SMILES string of the molecule is O=C(Nc1ccc(F)c(Cl)c1)c1cccc(S(=O)(=O)NC2CCCC2O)c1. The topological polar surface area (TPSA) is 95.5 Å². The van der Waals surface area contributed by atoms with Gasteiger partial charge < -0.3 is 10.4 Å². The maximum absolute atomic E-state index is 13.2. The molecule has 2 aromatic carbocycles. The first-order valence-electron chi connectivity index (χ1n) is 8.33. The highest BCUT2D eigenvalue weighted by Crippen LogP contribution is 2.23. The predicted molar refractivity (Wildman–Crippen MR) is 99.8 cm³/mol. The Labute approximate surface area is 161 Å². The number of sulfonamides is 1. The van der Waals surface area contributed by atoms with Gasteiger partial charge in [0.15, 0.2) is 0 Å². The maximum Gasteiger partial charge on any atom is 0.255 e. The second-order valence-corrected chi connectivity index (χ2v) is 8.46. The average molecular weight is 413 g/mol. The van der Waals surface area contributed by atoms with E-state index in [9.17, 15) is 22.7 Å². The molecule has 3 N–H and O–H groups in total. The van der Waals surface area contributed by atoms with E-state index in [0.717, 1.165) is 12.5 Å². The number of aliphatic hydroxyl groups excluding tert-OH is 1. The van der Waals surface area contributed by atoms with Crippen molar-refractivity contribution in [2.45, 2.75) is 36.3 Å². The van der Waals surface area contributed by atoms with Gasteiger partial charge in [0, 0.05) is 17.3 Å². The van der Waals surface area contributed by atoms with Crippen molar-refractivity contribution in [1.82, 2.24) is 4.72 Å². The van der Waals surface area contributed by atoms with Gasteiger partial charge in [0.05, 0.1) is 16.0 Å². The Kier molecular flexibility index (Phi) is 5.81. The Hall–Kier alpha value is -2.00. The summed E-state index contributed by atoms with van der Waals surface area (Å²) in [4.78, 5) is 12.3. The van der Waals surface area contributed by atoms with Crippen molar-refractivity contribution in [1.29, 1.82) is 0 Å². The Balaban J connectivity index is 1.77. The number of carbonyl (C=O) groups is 1. The number of hydrogen-bond acceptors (Lipinski definition) is 4. The molecule has 1 aliphatic carbocycles. The third-order valence-electron chi connectivity index (χ3n) is 4.37. The minimum Gasteiger partial charge on any atom is -0.391 e. The van der Waals surface area contributed by atoms with E-state index in [4.69, 9.17) is 11.6 Å². The summed E-state index contributed by atoms with van der Waals surface area (Å²) in [5.74, 6) is -1.17. The number of halogens is 2. The first kappa shape index (κ1) is 19.8. The number of nitrogens with one attached hydrogen (secondary N) is 2. The summed E-state index contributed by atoms with van der Waals surface area (Å²) in [6.07, 6.45) is 1.15. The normalized spacial score (nSPS) is 19.8. The number of aliphatic hydroxyl groups is 1. The lowest BCUT2D eigenvalue weighted by Gasteiger charge is -2.17. The van der Waals surface area contributed by atoms with Crippen molar-refractivity contribution in [3.05, 3.63) is 58.9 Å². The van der Waals surface area contributed by atoms with Gasteiger partial charge in [-0.3, -0.25) is 4.79 Å². The zero-order valence-electron chi connectivity index (χ0n) is 14.2. The van der Waals surface area contributed by atoms with Crippen LogP contribution >= 0.6 is 11.6 Å². The minimum absolute atomic E-state index is 0.0774. The average Bonchev–Trinajstić information content (AvgIpc) is 3.02. The molecule has 1 saturated carbocycles. The number of rotatable bonds is 5. The summed E-state index contributed by atoms with van der Waals surface area (Å²) < 4.78 is 40.8. The van der Waals surface area contributed by atoms with Crippen LogP contribution in [0.3, 0.4) is 0 Å². The quantitative estimate of drug-likeness (QED) is 0.703. The first-order chi connectivity index (χ1) is 12.8. The molecule has 1 aliphatic rings. The lowest BCUT2D eigenvalue weighted by atomic mass is 10.2. The Bertz CT molecular complexity index is 968. The molecule has 0 heterocycles. The van der Waals surface area contributed by atoms with E-state index < -0.39 is 33.9 Å². The molecule has 2 atom stereocenters. The molecule has 9 heteroatoms. The van der Waals surface area contributed by atoms with Crippen LogP contribution in [0.5, 0.6) is 0 Å². The predicted octanol–water partition coefficient (Wildman–Crippen LogP) is 2.92. The standard InChI is InChI=1S/C18H18ClFN2O4S/c19-14-10-12(7-8-15(14)20)21-18(24)11-3-1-4-13(9-11)27(25,26)22-16-5-2-6-17(16)23/h1,3-4,7-10,16-17,22-23H,2,5-6H2,(H,21,24). The Morgan fingerprint density at radius 1 is 1.19 bits per heavy atom. The van der Waals surface area contributed by atoms with E-state index in [1.54, 1.807) is 0 Å². The molecular weight excluding hydrogens is 395 g/mol. The largest absolute Gasteiger partial charge is 0.391 e. The van der Waals surface area contributed by atoms with Crippen molar-refractivity contribution in [3.8, 4) is 0 Å². The van der Waals surface area contributed by atoms with E-state index >= 15 is 0 Å². The first-order valence-corrected chi connectivity index (χ1v) is 10.2. The minimum atomic E-state index is -3.88. The zero-order valence-corrected chi connectivity index (χ0v) is 15.7. The van der Waals surface area contributed by atoms with Crippen LogP contribution in [-0.4, -0.2) is 31.6 Å². The molecule has 2 aromatic rings. The lowest BCUT2D eigenvalue weighted by Crippen LogP contribution is -2.39. The highest BCUT2D eigenvalue weighted by molar-refractivity contribution is 7.89. The summed E-state index contributed by atoms with van der Waals surface area (Å²) in [6.45, 7) is 0. The number of benzene rings is 2. The summed E-state index contributed by atoms with van der Waals surface area (Å²) in [5.41, 5.74) is 0.400. The van der Waals surface area contributed by atoms with Crippen molar-refractivity contribution >= 4 is 33.2 Å². The molecule has 0 spiro atoms. The van der Waals surface area contributed by atoms with Gasteiger partial charge in [0.25, 0.3) is 5.91 Å². The molecular formula is C18H18ClFN2O4S. The smallest absolute Gasteiger partial charge is 0.255 e. The molecule has 0 aromatic heterocycles. The van der Waals surface area contributed by atoms with Crippen LogP contribution in [0.2, 0.25) is 5.02 Å². The number of amides is 1. The molecule has 1 fully saturated rings. The molecule has 0 saturated heterocycles. The molecule has 3 rings (SSSR count). The summed E-state index contributed by atoms with van der Waals surface area (Å²) in [5, 5.41) is 12.2. The van der Waals surface area contributed by atoms with Crippen LogP contribution in [-0.2, 0) is 10.0 Å². The second-order valence-electron chi connectivity index (χ2n) is 6.34. The van der Waals surface area contributed by atoms with Crippen LogP contribution in [0.1, 0.15) is 29.6 Å². The third kappa shape index (κ3) is 4.65. The number of hydrogen-bond donors (Lipinski definition) is 3. The van der Waals surface area contributed by atoms with Crippen LogP contribution in [0.25, 0.3) is 0 Å². The van der Waals surface area contributed by atoms with Gasteiger partial charge in [-0.05, 0) is 55.7 Å². The number of anilines is 1. The highest BCUT2D eigenvalue weighted by atomic mass is 35.5. The van der Waals surface area contributed by atoms with E-state index in [1.807, 2.05) is 0 Å². The van der Waals surface area contributed by atoms with Crippen molar-refractivity contribution in [2.75, 3.05) is 5.32 Å². The van der Waals surface area contributed by atoms with Gasteiger partial charge >= 0.3 is 0 Å². The van der Waals surface area contributed by atoms with Crippen molar-refractivity contribution in [2.24, 2.45) is 0 Å². The van der Waals surface area contributed by atoms with Crippen molar-refractivity contribution in [3.63, 3.8) is 0 Å². The summed E-state index contributed by atoms with van der Waals surface area (Å²) >= 11 is 5.69. The molecule has 0 bridgehead atoms. The van der Waals surface area contributed by atoms with Gasteiger partial charge in [-0.25, -0.2) is 17.5 Å². The fraction of sp³-hybridized carbons (Fsp3) is 0.278. The highest BCUT2D eigenvalue weighted by Gasteiger charge is 2.30. The molecule has 0 aliphatic heterocycles. The van der Waals surface area contributed by atoms with Gasteiger partial charge in [0.2, 0.25) is 10.0 Å². The third-order valence-corrected chi connectivity index (χ3v) is 6.15. The van der Waals surface area contributed by atoms with Crippen LogP contribution in [0, 0.1) is 5.82 Å². The fourth-order valence-electron chi connectivity index (χ4n) is 2.93. The fourth-order valence-corrected chi connectivity index (χ4v) is 4.46. The van der Waals surface area contributed by atoms with Gasteiger partial charge in [-0.2, -0.15) is 0 Å². The molecule has 2 unspecified atom stereocenters. The van der Waals surface area contributed by atoms with E-state index in [0.29, 0.717) is 12.8 Å². The Morgan fingerprint density at radius 3 is 2.63 bits per heavy atom. The number of carbonyl (C=O) groups excluding carboxylic acids is 1.